The van der Waals surface area contributed by atoms with Crippen molar-refractivity contribution in [2.45, 2.75) is 19.6 Å². The SMILES string of the molecule is Cc1cnc(CN2CCO[C@@H](CN(C)c3cccnn3)C2)o1. The number of aromatic nitrogens is 3. The van der Waals surface area contributed by atoms with Gasteiger partial charge in [-0.2, -0.15) is 5.10 Å². The molecule has 0 aliphatic carbocycles. The number of ether oxygens (including phenoxy) is 1. The van der Waals surface area contributed by atoms with E-state index < -0.39 is 0 Å². The number of likely N-dealkylation sites (N-methyl/N-ethyl adjacent to an activating group) is 1. The molecule has 3 rings (SSSR count). The highest BCUT2D eigenvalue weighted by Gasteiger charge is 2.23. The molecule has 0 amide bonds. The monoisotopic (exact) mass is 303 g/mol. The summed E-state index contributed by atoms with van der Waals surface area (Å²) in [6.07, 6.45) is 3.57. The van der Waals surface area contributed by atoms with E-state index in [-0.39, 0.29) is 6.10 Å². The molecule has 2 aromatic rings. The van der Waals surface area contributed by atoms with E-state index in [1.165, 1.54) is 0 Å². The summed E-state index contributed by atoms with van der Waals surface area (Å²) in [6.45, 7) is 5.88. The Labute approximate surface area is 129 Å². The van der Waals surface area contributed by atoms with Gasteiger partial charge in [0.2, 0.25) is 5.89 Å². The van der Waals surface area contributed by atoms with Gasteiger partial charge in [-0.25, -0.2) is 4.98 Å². The number of anilines is 1. The lowest BCUT2D eigenvalue weighted by Gasteiger charge is -2.34. The first-order valence-electron chi connectivity index (χ1n) is 7.45. The molecule has 1 aliphatic heterocycles. The van der Waals surface area contributed by atoms with Crippen molar-refractivity contribution >= 4 is 5.82 Å². The minimum atomic E-state index is 0.136. The number of hydrogen-bond acceptors (Lipinski definition) is 7. The minimum Gasteiger partial charge on any atom is -0.445 e. The number of nitrogens with zero attached hydrogens (tertiary/aromatic N) is 5. The molecule has 0 saturated carbocycles. The van der Waals surface area contributed by atoms with E-state index in [9.17, 15) is 0 Å². The van der Waals surface area contributed by atoms with Crippen LogP contribution in [0.15, 0.2) is 28.9 Å². The van der Waals surface area contributed by atoms with Crippen LogP contribution >= 0.6 is 0 Å². The van der Waals surface area contributed by atoms with Crippen molar-refractivity contribution < 1.29 is 9.15 Å². The normalized spacial score (nSPS) is 19.3. The predicted octanol–water partition coefficient (Wildman–Crippen LogP) is 1.11. The van der Waals surface area contributed by atoms with Crippen LogP contribution in [0, 0.1) is 6.92 Å². The first kappa shape index (κ1) is 14.9. The maximum absolute atomic E-state index is 5.86. The molecular weight excluding hydrogens is 282 g/mol. The molecule has 0 N–H and O–H groups in total. The number of oxazole rings is 1. The van der Waals surface area contributed by atoms with Crippen LogP contribution in [-0.2, 0) is 11.3 Å². The van der Waals surface area contributed by atoms with Gasteiger partial charge in [-0.05, 0) is 19.1 Å². The first-order chi connectivity index (χ1) is 10.7. The largest absolute Gasteiger partial charge is 0.445 e. The summed E-state index contributed by atoms with van der Waals surface area (Å²) in [5.74, 6) is 2.47. The van der Waals surface area contributed by atoms with Gasteiger partial charge in [0.1, 0.15) is 5.76 Å². The number of hydrogen-bond donors (Lipinski definition) is 0. The van der Waals surface area contributed by atoms with Crippen LogP contribution in [0.2, 0.25) is 0 Å². The fourth-order valence-electron chi connectivity index (χ4n) is 2.60. The second-order valence-electron chi connectivity index (χ2n) is 5.55. The van der Waals surface area contributed by atoms with E-state index in [1.807, 2.05) is 26.1 Å². The highest BCUT2D eigenvalue weighted by molar-refractivity contribution is 5.35. The zero-order valence-electron chi connectivity index (χ0n) is 13.0. The third-order valence-electron chi connectivity index (χ3n) is 3.68. The van der Waals surface area contributed by atoms with Crippen molar-refractivity contribution in [3.05, 3.63) is 36.2 Å². The number of rotatable bonds is 5. The molecular formula is C15H21N5O2. The van der Waals surface area contributed by atoms with Crippen LogP contribution in [0.5, 0.6) is 0 Å². The first-order valence-corrected chi connectivity index (χ1v) is 7.45. The van der Waals surface area contributed by atoms with E-state index in [2.05, 4.69) is 25.0 Å². The third-order valence-corrected chi connectivity index (χ3v) is 3.68. The van der Waals surface area contributed by atoms with Gasteiger partial charge in [0.15, 0.2) is 5.82 Å². The van der Waals surface area contributed by atoms with Gasteiger partial charge in [-0.3, -0.25) is 4.90 Å². The van der Waals surface area contributed by atoms with Gasteiger partial charge in [-0.15, -0.1) is 5.10 Å². The summed E-state index contributed by atoms with van der Waals surface area (Å²) in [7, 11) is 2.00. The molecule has 1 aliphatic rings. The Hall–Kier alpha value is -1.99. The molecule has 0 radical (unpaired) electrons. The molecule has 0 spiro atoms. The molecule has 2 aromatic heterocycles. The highest BCUT2D eigenvalue weighted by Crippen LogP contribution is 2.13. The van der Waals surface area contributed by atoms with Crippen molar-refractivity contribution in [2.24, 2.45) is 0 Å². The highest BCUT2D eigenvalue weighted by atomic mass is 16.5. The van der Waals surface area contributed by atoms with Crippen LogP contribution in [0.3, 0.4) is 0 Å². The van der Waals surface area contributed by atoms with Crippen LogP contribution in [-0.4, -0.2) is 59.5 Å². The van der Waals surface area contributed by atoms with E-state index in [0.29, 0.717) is 0 Å². The average molecular weight is 303 g/mol. The summed E-state index contributed by atoms with van der Waals surface area (Å²) >= 11 is 0. The van der Waals surface area contributed by atoms with Crippen molar-refractivity contribution in [3.8, 4) is 0 Å². The second-order valence-corrected chi connectivity index (χ2v) is 5.55. The molecule has 0 bridgehead atoms. The number of morpholine rings is 1. The predicted molar refractivity (Wildman–Crippen MR) is 81.6 cm³/mol. The summed E-state index contributed by atoms with van der Waals surface area (Å²) < 4.78 is 11.4. The lowest BCUT2D eigenvalue weighted by Crippen LogP contribution is -2.46. The lowest BCUT2D eigenvalue weighted by molar-refractivity contribution is -0.0288. The number of aryl methyl sites for hydroxylation is 1. The zero-order chi connectivity index (χ0) is 15.4. The van der Waals surface area contributed by atoms with Gasteiger partial charge < -0.3 is 14.1 Å². The Balaban J connectivity index is 1.54. The zero-order valence-corrected chi connectivity index (χ0v) is 13.0. The third kappa shape index (κ3) is 3.80. The smallest absolute Gasteiger partial charge is 0.208 e. The Morgan fingerprint density at radius 1 is 1.45 bits per heavy atom. The molecule has 3 heterocycles. The summed E-state index contributed by atoms with van der Waals surface area (Å²) in [4.78, 5) is 8.64. The molecule has 7 nitrogen and oxygen atoms in total. The van der Waals surface area contributed by atoms with Crippen molar-refractivity contribution in [1.29, 1.82) is 0 Å². The standard InChI is InChI=1S/C15H21N5O2/c1-12-8-16-15(22-12)11-20-6-7-21-13(10-20)9-19(2)14-4-3-5-17-18-14/h3-5,8,13H,6-7,9-11H2,1-2H3/t13-/m0/s1. The average Bonchev–Trinajstić information content (AvgIpc) is 2.93. The fraction of sp³-hybridized carbons (Fsp3) is 0.533. The van der Waals surface area contributed by atoms with E-state index in [4.69, 9.17) is 9.15 Å². The quantitative estimate of drug-likeness (QED) is 0.819. The van der Waals surface area contributed by atoms with Crippen LogP contribution in [0.25, 0.3) is 0 Å². The Morgan fingerprint density at radius 2 is 2.36 bits per heavy atom. The summed E-state index contributed by atoms with van der Waals surface area (Å²) in [5, 5.41) is 8.02. The molecule has 1 saturated heterocycles. The van der Waals surface area contributed by atoms with E-state index in [0.717, 1.165) is 50.3 Å². The maximum atomic E-state index is 5.86. The topological polar surface area (TPSA) is 67.5 Å². The Kier molecular flexibility index (Phi) is 4.65. The van der Waals surface area contributed by atoms with Gasteiger partial charge in [0, 0.05) is 32.9 Å². The Morgan fingerprint density at radius 3 is 3.09 bits per heavy atom. The second kappa shape index (κ2) is 6.85. The molecule has 118 valence electrons. The van der Waals surface area contributed by atoms with Gasteiger partial charge >= 0.3 is 0 Å². The van der Waals surface area contributed by atoms with Gasteiger partial charge in [0.05, 0.1) is 25.5 Å². The summed E-state index contributed by atoms with van der Waals surface area (Å²) in [5.41, 5.74) is 0. The van der Waals surface area contributed by atoms with Crippen molar-refractivity contribution in [2.75, 3.05) is 38.2 Å². The van der Waals surface area contributed by atoms with Crippen LogP contribution in [0.1, 0.15) is 11.7 Å². The lowest BCUT2D eigenvalue weighted by atomic mass is 10.2. The molecule has 1 fully saturated rings. The summed E-state index contributed by atoms with van der Waals surface area (Å²) in [6, 6.07) is 3.83. The molecule has 22 heavy (non-hydrogen) atoms. The fourth-order valence-corrected chi connectivity index (χ4v) is 2.60. The maximum Gasteiger partial charge on any atom is 0.208 e. The molecule has 1 atom stereocenters. The van der Waals surface area contributed by atoms with E-state index >= 15 is 0 Å². The van der Waals surface area contributed by atoms with Crippen molar-refractivity contribution in [1.82, 2.24) is 20.1 Å². The molecule has 0 aromatic carbocycles. The van der Waals surface area contributed by atoms with Crippen molar-refractivity contribution in [3.63, 3.8) is 0 Å². The van der Waals surface area contributed by atoms with Gasteiger partial charge in [-0.1, -0.05) is 0 Å². The van der Waals surface area contributed by atoms with Crippen LogP contribution in [0.4, 0.5) is 5.82 Å². The van der Waals surface area contributed by atoms with E-state index in [1.54, 1.807) is 12.4 Å². The Bertz CT molecular complexity index is 589. The molecule has 7 heteroatoms. The molecule has 0 unspecified atom stereocenters. The van der Waals surface area contributed by atoms with Crippen LogP contribution < -0.4 is 4.90 Å². The van der Waals surface area contributed by atoms with Gasteiger partial charge in [0.25, 0.3) is 0 Å². The minimum absolute atomic E-state index is 0.136.